The number of ketones is 1. The van der Waals surface area contributed by atoms with Crippen LogP contribution in [0.3, 0.4) is 0 Å². The lowest BCUT2D eigenvalue weighted by molar-refractivity contribution is -0.140. The molecule has 0 aliphatic carbocycles. The quantitative estimate of drug-likeness (QED) is 0.365. The molecule has 2 aliphatic heterocycles. The Bertz CT molecular complexity index is 1060. The van der Waals surface area contributed by atoms with Gasteiger partial charge in [0.2, 0.25) is 0 Å². The molecule has 2 fully saturated rings. The van der Waals surface area contributed by atoms with Crippen molar-refractivity contribution in [3.63, 3.8) is 0 Å². The van der Waals surface area contributed by atoms with E-state index >= 15 is 0 Å². The molecule has 2 aromatic rings. The molecule has 0 aromatic heterocycles. The Hall–Kier alpha value is -2.87. The molecule has 180 valence electrons. The van der Waals surface area contributed by atoms with E-state index in [0.29, 0.717) is 42.6 Å². The molecule has 1 amide bonds. The number of amides is 1. The van der Waals surface area contributed by atoms with Gasteiger partial charge in [-0.15, -0.1) is 0 Å². The fourth-order valence-electron chi connectivity index (χ4n) is 4.30. The molecule has 0 radical (unpaired) electrons. The molecule has 1 atom stereocenters. The zero-order chi connectivity index (χ0) is 24.2. The van der Waals surface area contributed by atoms with Gasteiger partial charge in [0.15, 0.2) is 0 Å². The van der Waals surface area contributed by atoms with Gasteiger partial charge in [0, 0.05) is 36.8 Å². The minimum atomic E-state index is -0.704. The largest absolute Gasteiger partial charge is 0.507 e. The third-order valence-electron chi connectivity index (χ3n) is 5.99. The first-order valence-corrected chi connectivity index (χ1v) is 11.8. The van der Waals surface area contributed by atoms with Gasteiger partial charge in [-0.1, -0.05) is 23.7 Å². The van der Waals surface area contributed by atoms with Crippen LogP contribution >= 0.6 is 11.6 Å². The Balaban J connectivity index is 1.71. The fourth-order valence-corrected chi connectivity index (χ4v) is 4.42. The van der Waals surface area contributed by atoms with Gasteiger partial charge in [0.25, 0.3) is 11.7 Å². The molecular weight excluding hydrogens is 456 g/mol. The predicted octanol–water partition coefficient (Wildman–Crippen LogP) is 3.88. The Morgan fingerprint density at radius 2 is 1.71 bits per heavy atom. The van der Waals surface area contributed by atoms with Crippen LogP contribution in [0.4, 0.5) is 0 Å². The summed E-state index contributed by atoms with van der Waals surface area (Å²) in [5.74, 6) is -0.823. The molecule has 0 bridgehead atoms. The van der Waals surface area contributed by atoms with Crippen LogP contribution in [0, 0.1) is 0 Å². The number of rotatable bonds is 7. The molecule has 2 aliphatic rings. The van der Waals surface area contributed by atoms with Gasteiger partial charge in [-0.25, -0.2) is 0 Å². The maximum atomic E-state index is 13.2. The van der Waals surface area contributed by atoms with Crippen molar-refractivity contribution in [2.24, 2.45) is 0 Å². The van der Waals surface area contributed by atoms with E-state index in [-0.39, 0.29) is 17.4 Å². The second kappa shape index (κ2) is 10.6. The van der Waals surface area contributed by atoms with Crippen LogP contribution in [0.1, 0.15) is 31.0 Å². The molecule has 0 unspecified atom stereocenters. The van der Waals surface area contributed by atoms with E-state index < -0.39 is 17.7 Å². The number of halogens is 1. The molecular formula is C26H29ClN2O5. The van der Waals surface area contributed by atoms with Crippen LogP contribution in [-0.2, 0) is 14.3 Å². The van der Waals surface area contributed by atoms with E-state index in [1.807, 2.05) is 38.1 Å². The lowest BCUT2D eigenvalue weighted by atomic mass is 9.95. The fraction of sp³-hybridized carbons (Fsp3) is 0.385. The molecule has 0 spiro atoms. The molecule has 2 heterocycles. The number of hydrogen-bond acceptors (Lipinski definition) is 6. The number of Topliss-reactive ketones (excluding diaryl/α,β-unsaturated/α-hetero) is 1. The third-order valence-corrected chi connectivity index (χ3v) is 6.24. The molecule has 0 saturated carbocycles. The summed E-state index contributed by atoms with van der Waals surface area (Å²) in [6, 6.07) is 13.2. The number of hydrogen-bond donors (Lipinski definition) is 1. The summed E-state index contributed by atoms with van der Waals surface area (Å²) in [6.45, 7) is 7.72. The number of morpholine rings is 1. The molecule has 2 aromatic carbocycles. The van der Waals surface area contributed by atoms with Crippen LogP contribution in [0.15, 0.2) is 54.1 Å². The highest BCUT2D eigenvalue weighted by Crippen LogP contribution is 2.39. The second-order valence-electron chi connectivity index (χ2n) is 8.69. The monoisotopic (exact) mass is 484 g/mol. The van der Waals surface area contributed by atoms with E-state index in [2.05, 4.69) is 4.90 Å². The molecule has 1 N–H and O–H groups in total. The lowest BCUT2D eigenvalue weighted by Gasteiger charge is -2.31. The SMILES string of the molecule is CC(C)Oc1ccc([C@H]2/C(=C(\O)c3ccc(Cl)cc3)C(=O)C(=O)N2CCN2CCOCC2)cc1. The van der Waals surface area contributed by atoms with Crippen molar-refractivity contribution in [2.75, 3.05) is 39.4 Å². The van der Waals surface area contributed by atoms with Crippen molar-refractivity contribution in [2.45, 2.75) is 26.0 Å². The first-order chi connectivity index (χ1) is 16.3. The maximum absolute atomic E-state index is 13.2. The van der Waals surface area contributed by atoms with Gasteiger partial charge >= 0.3 is 0 Å². The summed E-state index contributed by atoms with van der Waals surface area (Å²) in [6.07, 6.45) is 0.0231. The summed E-state index contributed by atoms with van der Waals surface area (Å²) in [7, 11) is 0. The van der Waals surface area contributed by atoms with E-state index in [4.69, 9.17) is 21.1 Å². The van der Waals surface area contributed by atoms with E-state index in [1.165, 1.54) is 0 Å². The van der Waals surface area contributed by atoms with Gasteiger partial charge in [0.05, 0.1) is 30.9 Å². The lowest BCUT2D eigenvalue weighted by Crippen LogP contribution is -2.42. The highest BCUT2D eigenvalue weighted by Gasteiger charge is 2.46. The minimum Gasteiger partial charge on any atom is -0.507 e. The maximum Gasteiger partial charge on any atom is 0.295 e. The van der Waals surface area contributed by atoms with Crippen molar-refractivity contribution in [3.8, 4) is 5.75 Å². The summed E-state index contributed by atoms with van der Waals surface area (Å²) < 4.78 is 11.1. The van der Waals surface area contributed by atoms with E-state index in [9.17, 15) is 14.7 Å². The molecule has 34 heavy (non-hydrogen) atoms. The average Bonchev–Trinajstić information content (AvgIpc) is 3.08. The number of aliphatic hydroxyl groups excluding tert-OH is 1. The molecule has 4 rings (SSSR count). The highest BCUT2D eigenvalue weighted by atomic mass is 35.5. The normalized spacial score (nSPS) is 20.8. The number of nitrogens with zero attached hydrogens (tertiary/aromatic N) is 2. The standard InChI is InChI=1S/C26H29ClN2O5/c1-17(2)34-21-9-5-18(6-10-21)23-22(24(30)19-3-7-20(27)8-4-19)25(31)26(32)29(23)12-11-28-13-15-33-16-14-28/h3-10,17,23,30H,11-16H2,1-2H3/b24-22+/t23-/m0/s1. The average molecular weight is 485 g/mol. The zero-order valence-corrected chi connectivity index (χ0v) is 20.1. The highest BCUT2D eigenvalue weighted by molar-refractivity contribution is 6.46. The Morgan fingerprint density at radius 1 is 1.06 bits per heavy atom. The number of benzene rings is 2. The summed E-state index contributed by atoms with van der Waals surface area (Å²) in [5, 5.41) is 11.6. The number of likely N-dealkylation sites (tertiary alicyclic amines) is 1. The van der Waals surface area contributed by atoms with Crippen molar-refractivity contribution < 1.29 is 24.2 Å². The second-order valence-corrected chi connectivity index (χ2v) is 9.13. The topological polar surface area (TPSA) is 79.3 Å². The van der Waals surface area contributed by atoms with E-state index in [0.717, 1.165) is 18.7 Å². The van der Waals surface area contributed by atoms with Crippen LogP contribution in [0.5, 0.6) is 5.75 Å². The van der Waals surface area contributed by atoms with Gasteiger partial charge in [-0.05, 0) is 55.8 Å². The number of ether oxygens (including phenoxy) is 2. The predicted molar refractivity (Wildman–Crippen MR) is 130 cm³/mol. The Morgan fingerprint density at radius 3 is 2.32 bits per heavy atom. The van der Waals surface area contributed by atoms with Crippen LogP contribution in [0.2, 0.25) is 5.02 Å². The first-order valence-electron chi connectivity index (χ1n) is 11.5. The smallest absolute Gasteiger partial charge is 0.295 e. The minimum absolute atomic E-state index is 0.0231. The van der Waals surface area contributed by atoms with Gasteiger partial charge in [0.1, 0.15) is 11.5 Å². The van der Waals surface area contributed by atoms with Crippen molar-refractivity contribution >= 4 is 29.1 Å². The Labute approximate surface area is 204 Å². The van der Waals surface area contributed by atoms with Crippen LogP contribution in [-0.4, -0.2) is 72.1 Å². The van der Waals surface area contributed by atoms with Gasteiger partial charge in [-0.3, -0.25) is 14.5 Å². The summed E-state index contributed by atoms with van der Waals surface area (Å²) in [5.41, 5.74) is 1.24. The number of carbonyl (C=O) groups excluding carboxylic acids is 2. The number of aliphatic hydroxyl groups is 1. The molecule has 2 saturated heterocycles. The van der Waals surface area contributed by atoms with Crippen LogP contribution in [0.25, 0.3) is 5.76 Å². The summed E-state index contributed by atoms with van der Waals surface area (Å²) >= 11 is 5.99. The van der Waals surface area contributed by atoms with Crippen LogP contribution < -0.4 is 4.74 Å². The van der Waals surface area contributed by atoms with Crippen molar-refractivity contribution in [3.05, 3.63) is 70.3 Å². The first kappa shape index (κ1) is 24.3. The van der Waals surface area contributed by atoms with Gasteiger partial charge < -0.3 is 19.5 Å². The zero-order valence-electron chi connectivity index (χ0n) is 19.4. The summed E-state index contributed by atoms with van der Waals surface area (Å²) in [4.78, 5) is 30.0. The molecule has 8 heteroatoms. The number of carbonyl (C=O) groups is 2. The van der Waals surface area contributed by atoms with Gasteiger partial charge in [-0.2, -0.15) is 0 Å². The Kier molecular flexibility index (Phi) is 7.56. The third kappa shape index (κ3) is 5.27. The van der Waals surface area contributed by atoms with E-state index in [1.54, 1.807) is 29.2 Å². The van der Waals surface area contributed by atoms with Crippen molar-refractivity contribution in [1.82, 2.24) is 9.80 Å². The molecule has 7 nitrogen and oxygen atoms in total. The van der Waals surface area contributed by atoms with Crippen molar-refractivity contribution in [1.29, 1.82) is 0 Å².